The predicted octanol–water partition coefficient (Wildman–Crippen LogP) is 9.32. The Morgan fingerprint density at radius 1 is 0.768 bits per heavy atom. The maximum atomic E-state index is 10.6. The number of hydrogen-bond acceptors (Lipinski definition) is 10. The zero-order valence-electron chi connectivity index (χ0n) is 30.3. The van der Waals surface area contributed by atoms with E-state index in [4.69, 9.17) is 14.4 Å². The highest BCUT2D eigenvalue weighted by Crippen LogP contribution is 2.55. The lowest BCUT2D eigenvalue weighted by atomic mass is 9.97. The van der Waals surface area contributed by atoms with Gasteiger partial charge in [-0.25, -0.2) is 9.98 Å². The molecule has 0 fully saturated rings. The van der Waals surface area contributed by atoms with Crippen molar-refractivity contribution in [2.45, 2.75) is 25.6 Å². The zero-order chi connectivity index (χ0) is 38.9. The lowest BCUT2D eigenvalue weighted by Crippen LogP contribution is -2.36. The number of phenolic OH excluding ortho intramolecular Hbond substituents is 5. The smallest absolute Gasteiger partial charge is 0.208 e. The molecule has 10 nitrogen and oxygen atoms in total. The SMILES string of the molecule is C=C(/C=C\C=C/C)c1ccccc1NC1C=Cc2c(oc3cc(C4=NC(c5cccc(-c6c(O)c(O)c(O)c(O)c6O)c5)N=C(c5ccccc5)N4)ccc23)C1. The number of nitrogens with one attached hydrogen (secondary N) is 2. The van der Waals surface area contributed by atoms with Gasteiger partial charge in [0.25, 0.3) is 0 Å². The van der Waals surface area contributed by atoms with E-state index in [1.165, 1.54) is 0 Å². The van der Waals surface area contributed by atoms with E-state index in [1.54, 1.807) is 24.3 Å². The number of amidine groups is 2. The van der Waals surface area contributed by atoms with Crippen molar-refractivity contribution in [2.24, 2.45) is 9.98 Å². The summed E-state index contributed by atoms with van der Waals surface area (Å²) in [6.45, 7) is 6.25. The Morgan fingerprint density at radius 3 is 2.23 bits per heavy atom. The molecule has 0 bridgehead atoms. The van der Waals surface area contributed by atoms with Gasteiger partial charge in [0.05, 0.1) is 11.6 Å². The van der Waals surface area contributed by atoms with Gasteiger partial charge in [-0.3, -0.25) is 0 Å². The van der Waals surface area contributed by atoms with Gasteiger partial charge in [0.1, 0.15) is 23.0 Å². The van der Waals surface area contributed by atoms with E-state index in [9.17, 15) is 25.5 Å². The summed E-state index contributed by atoms with van der Waals surface area (Å²) in [4.78, 5) is 9.92. The number of hydrogen-bond donors (Lipinski definition) is 7. The van der Waals surface area contributed by atoms with Crippen LogP contribution in [0.15, 0.2) is 148 Å². The minimum Gasteiger partial charge on any atom is -0.504 e. The maximum Gasteiger partial charge on any atom is 0.208 e. The van der Waals surface area contributed by atoms with Crippen LogP contribution in [0.4, 0.5) is 5.69 Å². The minimum atomic E-state index is -1.02. The van der Waals surface area contributed by atoms with Crippen molar-refractivity contribution in [1.29, 1.82) is 0 Å². The summed E-state index contributed by atoms with van der Waals surface area (Å²) in [7, 11) is 0. The molecule has 2 unspecified atom stereocenters. The first-order valence-electron chi connectivity index (χ1n) is 18.1. The van der Waals surface area contributed by atoms with Gasteiger partial charge in [-0.15, -0.1) is 0 Å². The number of para-hydroxylation sites is 1. The monoisotopic (exact) mass is 742 g/mol. The fourth-order valence-electron chi connectivity index (χ4n) is 6.99. The van der Waals surface area contributed by atoms with Gasteiger partial charge in [0, 0.05) is 39.7 Å². The first-order chi connectivity index (χ1) is 27.2. The molecule has 1 aliphatic heterocycles. The summed E-state index contributed by atoms with van der Waals surface area (Å²) < 4.78 is 6.52. The molecule has 0 spiro atoms. The minimum absolute atomic E-state index is 0.000107. The molecule has 2 aliphatic rings. The third-order valence-corrected chi connectivity index (χ3v) is 9.83. The van der Waals surface area contributed by atoms with Gasteiger partial charge in [-0.05, 0) is 47.9 Å². The molecular formula is C46H38N4O6. The Kier molecular flexibility index (Phi) is 9.37. The largest absolute Gasteiger partial charge is 0.504 e. The Bertz CT molecular complexity index is 2640. The van der Waals surface area contributed by atoms with Crippen LogP contribution < -0.4 is 10.6 Å². The number of fused-ring (bicyclic) bond motifs is 3. The molecule has 5 aromatic carbocycles. The number of aromatic hydroxyl groups is 5. The summed E-state index contributed by atoms with van der Waals surface area (Å²) >= 11 is 0. The van der Waals surface area contributed by atoms with Crippen molar-refractivity contribution >= 4 is 40.0 Å². The first kappa shape index (κ1) is 35.6. The molecule has 2 atom stereocenters. The summed E-state index contributed by atoms with van der Waals surface area (Å²) in [6.07, 6.45) is 12.1. The van der Waals surface area contributed by atoms with E-state index in [1.807, 2.05) is 91.9 Å². The summed E-state index contributed by atoms with van der Waals surface area (Å²) in [5, 5.41) is 59.7. The zero-order valence-corrected chi connectivity index (χ0v) is 30.3. The predicted molar refractivity (Wildman–Crippen MR) is 221 cm³/mol. The van der Waals surface area contributed by atoms with Gasteiger partial charge in [0.15, 0.2) is 17.7 Å². The molecule has 1 aromatic heterocycles. The highest BCUT2D eigenvalue weighted by Gasteiger charge is 2.27. The summed E-state index contributed by atoms with van der Waals surface area (Å²) in [5.74, 6) is -2.50. The fraction of sp³-hybridized carbons (Fsp3) is 0.0870. The molecule has 278 valence electrons. The normalized spacial score (nSPS) is 16.4. The van der Waals surface area contributed by atoms with E-state index in [0.717, 1.165) is 44.7 Å². The van der Waals surface area contributed by atoms with Crippen LogP contribution in [-0.2, 0) is 6.42 Å². The number of rotatable bonds is 9. The summed E-state index contributed by atoms with van der Waals surface area (Å²) in [6, 6.07) is 30.5. The highest BCUT2D eigenvalue weighted by molar-refractivity contribution is 6.16. The Morgan fingerprint density at radius 2 is 1.46 bits per heavy atom. The number of aliphatic imine (C=N–C) groups is 2. The van der Waals surface area contributed by atoms with E-state index in [0.29, 0.717) is 29.2 Å². The molecule has 10 heteroatoms. The number of phenols is 5. The van der Waals surface area contributed by atoms with E-state index < -0.39 is 34.9 Å². The van der Waals surface area contributed by atoms with Crippen LogP contribution in [0, 0.1) is 0 Å². The van der Waals surface area contributed by atoms with Crippen molar-refractivity contribution in [1.82, 2.24) is 5.32 Å². The van der Waals surface area contributed by atoms with Crippen molar-refractivity contribution in [2.75, 3.05) is 5.32 Å². The fourth-order valence-corrected chi connectivity index (χ4v) is 6.99. The van der Waals surface area contributed by atoms with Crippen molar-refractivity contribution in [3.8, 4) is 39.9 Å². The lowest BCUT2D eigenvalue weighted by molar-refractivity contribution is 0.330. The number of anilines is 1. The van der Waals surface area contributed by atoms with E-state index in [-0.39, 0.29) is 17.2 Å². The number of benzene rings is 5. The van der Waals surface area contributed by atoms with Crippen LogP contribution in [0.25, 0.3) is 33.7 Å². The first-order valence-corrected chi connectivity index (χ1v) is 18.1. The molecule has 8 rings (SSSR count). The quantitative estimate of drug-likeness (QED) is 0.0438. The topological polar surface area (TPSA) is 163 Å². The second kappa shape index (κ2) is 14.8. The molecule has 7 N–H and O–H groups in total. The standard InChI is InChI=1S/C46H38N4O6/c1-3-4-6-12-26(2)32-17-9-10-18-35(32)47-31-20-22-34-33-21-19-30(24-36(33)56-37(34)25-31)46-49-44(27-13-7-5-8-14-27)48-45(50-46)29-16-11-15-28(23-29)38-39(51)41(53)43(55)42(54)40(38)52/h3-24,31,45,47,51-55H,2,25H2,1H3,(H,48,49,50)/b4-3-,12-6-. The van der Waals surface area contributed by atoms with E-state index >= 15 is 0 Å². The van der Waals surface area contributed by atoms with Crippen molar-refractivity contribution < 1.29 is 29.9 Å². The molecule has 0 radical (unpaired) electrons. The number of furan rings is 1. The van der Waals surface area contributed by atoms with Crippen LogP contribution in [0.5, 0.6) is 28.7 Å². The highest BCUT2D eigenvalue weighted by atomic mass is 16.4. The number of nitrogens with zero attached hydrogens (tertiary/aromatic N) is 2. The van der Waals surface area contributed by atoms with Gasteiger partial charge in [-0.2, -0.15) is 0 Å². The van der Waals surface area contributed by atoms with Crippen LogP contribution in [0.2, 0.25) is 0 Å². The molecular weight excluding hydrogens is 705 g/mol. The third-order valence-electron chi connectivity index (χ3n) is 9.83. The molecule has 6 aromatic rings. The van der Waals surface area contributed by atoms with Crippen LogP contribution in [-0.4, -0.2) is 43.2 Å². The van der Waals surface area contributed by atoms with Gasteiger partial charge in [0.2, 0.25) is 17.2 Å². The Hall–Kier alpha value is -7.46. The average Bonchev–Trinajstić information content (AvgIpc) is 3.60. The Labute approximate surface area is 322 Å². The maximum absolute atomic E-state index is 10.6. The van der Waals surface area contributed by atoms with Crippen LogP contribution >= 0.6 is 0 Å². The molecule has 0 amide bonds. The molecule has 1 aliphatic carbocycles. The van der Waals surface area contributed by atoms with Crippen molar-refractivity contribution in [3.05, 3.63) is 168 Å². The molecule has 56 heavy (non-hydrogen) atoms. The number of allylic oxidation sites excluding steroid dienone is 5. The molecule has 0 saturated carbocycles. The van der Waals surface area contributed by atoms with Crippen LogP contribution in [0.1, 0.15) is 46.7 Å². The van der Waals surface area contributed by atoms with Gasteiger partial charge < -0.3 is 40.6 Å². The average molecular weight is 743 g/mol. The molecule has 0 saturated heterocycles. The van der Waals surface area contributed by atoms with Crippen LogP contribution in [0.3, 0.4) is 0 Å². The summed E-state index contributed by atoms with van der Waals surface area (Å²) in [5.41, 5.74) is 6.89. The Balaban J connectivity index is 1.11. The van der Waals surface area contributed by atoms with E-state index in [2.05, 4.69) is 41.5 Å². The third kappa shape index (κ3) is 6.64. The molecule has 2 heterocycles. The second-order valence-corrected chi connectivity index (χ2v) is 13.5. The lowest BCUT2D eigenvalue weighted by Gasteiger charge is -2.23. The second-order valence-electron chi connectivity index (χ2n) is 13.5. The van der Waals surface area contributed by atoms with Crippen molar-refractivity contribution in [3.63, 3.8) is 0 Å². The van der Waals surface area contributed by atoms with Gasteiger partial charge >= 0.3 is 0 Å². The van der Waals surface area contributed by atoms with Gasteiger partial charge in [-0.1, -0.05) is 116 Å².